The number of nitriles is 1. The third-order valence-electron chi connectivity index (χ3n) is 5.63. The SMILES string of the molecule is C[Si](C)(C)OC(C#N)(c1ccc2ccccc2c1)C(OCc1ccccc1)OCc1ccccc1. The number of hydrogen-bond donors (Lipinski definition) is 0. The number of hydrogen-bond acceptors (Lipinski definition) is 4. The highest BCUT2D eigenvalue weighted by Gasteiger charge is 2.47. The molecule has 4 aromatic rings. The van der Waals surface area contributed by atoms with Gasteiger partial charge < -0.3 is 13.9 Å². The summed E-state index contributed by atoms with van der Waals surface area (Å²) in [5, 5.41) is 12.9. The fourth-order valence-corrected chi connectivity index (χ4v) is 5.29. The van der Waals surface area contributed by atoms with E-state index < -0.39 is 20.2 Å². The van der Waals surface area contributed by atoms with Crippen molar-refractivity contribution in [1.82, 2.24) is 0 Å². The molecule has 1 atom stereocenters. The summed E-state index contributed by atoms with van der Waals surface area (Å²) >= 11 is 0. The summed E-state index contributed by atoms with van der Waals surface area (Å²) in [7, 11) is -2.23. The maximum absolute atomic E-state index is 10.7. The largest absolute Gasteiger partial charge is 0.393 e. The maximum atomic E-state index is 10.7. The predicted octanol–water partition coefficient (Wildman–Crippen LogP) is 7.17. The highest BCUT2D eigenvalue weighted by atomic mass is 28.4. The first kappa shape index (κ1) is 24.8. The van der Waals surface area contributed by atoms with Crippen molar-refractivity contribution in [3.8, 4) is 6.07 Å². The van der Waals surface area contributed by atoms with Gasteiger partial charge in [-0.1, -0.05) is 97.1 Å². The Balaban J connectivity index is 1.77. The Morgan fingerprint density at radius 1 is 0.714 bits per heavy atom. The monoisotopic (exact) mass is 481 g/mol. The van der Waals surface area contributed by atoms with Crippen LogP contribution in [0.4, 0.5) is 0 Å². The Morgan fingerprint density at radius 2 is 1.23 bits per heavy atom. The van der Waals surface area contributed by atoms with Crippen LogP contribution in [0.2, 0.25) is 19.6 Å². The van der Waals surface area contributed by atoms with Crippen LogP contribution in [0.25, 0.3) is 10.8 Å². The molecule has 0 aromatic heterocycles. The Hall–Kier alpha value is -3.27. The second-order valence-corrected chi connectivity index (χ2v) is 14.0. The van der Waals surface area contributed by atoms with E-state index in [1.54, 1.807) is 0 Å². The van der Waals surface area contributed by atoms with Gasteiger partial charge >= 0.3 is 0 Å². The topological polar surface area (TPSA) is 51.5 Å². The van der Waals surface area contributed by atoms with Gasteiger partial charge in [-0.2, -0.15) is 5.26 Å². The van der Waals surface area contributed by atoms with E-state index in [0.717, 1.165) is 27.5 Å². The highest BCUT2D eigenvalue weighted by molar-refractivity contribution is 6.69. The van der Waals surface area contributed by atoms with E-state index >= 15 is 0 Å². The standard InChI is InChI=1S/C30H31NO3Si/c1-35(2,3)34-30(23-31,28-19-18-26-16-10-11-17-27(26)20-28)29(32-21-24-12-6-4-7-13-24)33-22-25-14-8-5-9-15-25/h4-20,29H,21-22H2,1-3H3. The predicted molar refractivity (Wildman–Crippen MR) is 142 cm³/mol. The van der Waals surface area contributed by atoms with Crippen LogP contribution < -0.4 is 0 Å². The average molecular weight is 482 g/mol. The lowest BCUT2D eigenvalue weighted by Gasteiger charge is -2.39. The molecule has 4 rings (SSSR count). The first-order valence-corrected chi connectivity index (χ1v) is 15.2. The van der Waals surface area contributed by atoms with Crippen LogP contribution in [-0.2, 0) is 32.7 Å². The molecule has 35 heavy (non-hydrogen) atoms. The van der Waals surface area contributed by atoms with Crippen LogP contribution in [-0.4, -0.2) is 14.6 Å². The zero-order chi connectivity index (χ0) is 24.7. The number of rotatable bonds is 10. The smallest absolute Gasteiger partial charge is 0.221 e. The summed E-state index contributed by atoms with van der Waals surface area (Å²) in [6.07, 6.45) is -0.944. The molecule has 4 aromatic carbocycles. The minimum atomic E-state index is -2.23. The molecule has 0 saturated carbocycles. The minimum absolute atomic E-state index is 0.298. The molecule has 4 nitrogen and oxygen atoms in total. The summed E-state index contributed by atoms with van der Waals surface area (Å²) in [5.41, 5.74) is 1.29. The molecule has 0 bridgehead atoms. The molecule has 0 fully saturated rings. The third kappa shape index (κ3) is 6.24. The molecule has 0 N–H and O–H groups in total. The zero-order valence-electron chi connectivity index (χ0n) is 20.5. The van der Waals surface area contributed by atoms with Gasteiger partial charge in [0.2, 0.25) is 11.9 Å². The van der Waals surface area contributed by atoms with Gasteiger partial charge in [0.1, 0.15) is 6.07 Å². The lowest BCUT2D eigenvalue weighted by atomic mass is 9.92. The van der Waals surface area contributed by atoms with E-state index in [1.807, 2.05) is 97.1 Å². The van der Waals surface area contributed by atoms with Crippen molar-refractivity contribution >= 4 is 19.1 Å². The number of ether oxygens (including phenoxy) is 2. The van der Waals surface area contributed by atoms with Gasteiger partial charge in [-0.15, -0.1) is 0 Å². The normalized spacial score (nSPS) is 13.5. The summed E-state index contributed by atoms with van der Waals surface area (Å²) < 4.78 is 19.4. The second kappa shape index (κ2) is 11.0. The number of fused-ring (bicyclic) bond motifs is 1. The molecule has 0 radical (unpaired) electrons. The summed E-state index contributed by atoms with van der Waals surface area (Å²) in [4.78, 5) is 0. The Kier molecular flexibility index (Phi) is 7.79. The molecule has 0 aliphatic rings. The molecule has 0 spiro atoms. The lowest BCUT2D eigenvalue weighted by molar-refractivity contribution is -0.228. The molecule has 0 aliphatic heterocycles. The van der Waals surface area contributed by atoms with Crippen LogP contribution in [0.1, 0.15) is 16.7 Å². The highest BCUT2D eigenvalue weighted by Crippen LogP contribution is 2.37. The van der Waals surface area contributed by atoms with Gasteiger partial charge in [0.05, 0.1) is 13.2 Å². The van der Waals surface area contributed by atoms with Gasteiger partial charge in [0.15, 0.2) is 8.32 Å². The van der Waals surface area contributed by atoms with Gasteiger partial charge in [-0.3, -0.25) is 0 Å². The van der Waals surface area contributed by atoms with Crippen LogP contribution >= 0.6 is 0 Å². The van der Waals surface area contributed by atoms with E-state index in [1.165, 1.54) is 0 Å². The van der Waals surface area contributed by atoms with Gasteiger partial charge in [0.25, 0.3) is 0 Å². The molecule has 1 unspecified atom stereocenters. The zero-order valence-corrected chi connectivity index (χ0v) is 21.5. The first-order valence-electron chi connectivity index (χ1n) is 11.8. The quantitative estimate of drug-likeness (QED) is 0.178. The summed E-state index contributed by atoms with van der Waals surface area (Å²) in [6, 6.07) is 36.4. The van der Waals surface area contributed by atoms with Crippen molar-refractivity contribution in [3.63, 3.8) is 0 Å². The fraction of sp³-hybridized carbons (Fsp3) is 0.233. The third-order valence-corrected chi connectivity index (χ3v) is 6.57. The average Bonchev–Trinajstić information content (AvgIpc) is 2.88. The van der Waals surface area contributed by atoms with Crippen LogP contribution in [0, 0.1) is 11.3 Å². The van der Waals surface area contributed by atoms with Gasteiger partial charge in [0, 0.05) is 5.56 Å². The Bertz CT molecular complexity index is 1240. The Morgan fingerprint density at radius 3 is 1.74 bits per heavy atom. The van der Waals surface area contributed by atoms with Gasteiger partial charge in [-0.05, 0) is 47.6 Å². The van der Waals surface area contributed by atoms with Crippen molar-refractivity contribution in [2.45, 2.75) is 44.7 Å². The van der Waals surface area contributed by atoms with E-state index in [0.29, 0.717) is 13.2 Å². The van der Waals surface area contributed by atoms with E-state index in [9.17, 15) is 5.26 Å². The van der Waals surface area contributed by atoms with Crippen LogP contribution in [0.5, 0.6) is 0 Å². The summed E-state index contributed by atoms with van der Waals surface area (Å²) in [6.45, 7) is 6.82. The van der Waals surface area contributed by atoms with Gasteiger partial charge in [-0.25, -0.2) is 0 Å². The molecule has 178 valence electrons. The molecular formula is C30H31NO3Si. The second-order valence-electron chi connectivity index (χ2n) is 9.55. The van der Waals surface area contributed by atoms with Crippen molar-refractivity contribution < 1.29 is 13.9 Å². The molecule has 0 heterocycles. The van der Waals surface area contributed by atoms with E-state index in [4.69, 9.17) is 13.9 Å². The van der Waals surface area contributed by atoms with Crippen LogP contribution in [0.3, 0.4) is 0 Å². The number of benzene rings is 4. The number of nitrogens with zero attached hydrogens (tertiary/aromatic N) is 1. The fourth-order valence-electron chi connectivity index (χ4n) is 4.06. The molecule has 5 heteroatoms. The molecule has 0 amide bonds. The molecular weight excluding hydrogens is 450 g/mol. The first-order chi connectivity index (χ1) is 16.9. The lowest BCUT2D eigenvalue weighted by Crippen LogP contribution is -2.50. The van der Waals surface area contributed by atoms with Crippen molar-refractivity contribution in [2.75, 3.05) is 0 Å². The van der Waals surface area contributed by atoms with Crippen molar-refractivity contribution in [1.29, 1.82) is 5.26 Å². The molecule has 0 aliphatic carbocycles. The van der Waals surface area contributed by atoms with E-state index in [-0.39, 0.29) is 0 Å². The van der Waals surface area contributed by atoms with Crippen molar-refractivity contribution in [2.24, 2.45) is 0 Å². The van der Waals surface area contributed by atoms with Crippen LogP contribution in [0.15, 0.2) is 103 Å². The minimum Gasteiger partial charge on any atom is -0.393 e. The van der Waals surface area contributed by atoms with E-state index in [2.05, 4.69) is 31.8 Å². The van der Waals surface area contributed by atoms with Crippen molar-refractivity contribution in [3.05, 3.63) is 120 Å². The summed E-state index contributed by atoms with van der Waals surface area (Å²) in [5.74, 6) is 0. The Labute approximate surface area is 208 Å². The molecule has 0 saturated heterocycles. The maximum Gasteiger partial charge on any atom is 0.221 e.